The standard InChI is InChI=1S/C15H17ClN2O2S/c16-14-7-5-12(6-8-14)9-10-18-21(19,20)11-13-3-1-2-4-15(13)17/h1-8,18H,9-11,17H2. The molecule has 0 aromatic heterocycles. The first-order valence-corrected chi connectivity index (χ1v) is 8.54. The fraction of sp³-hybridized carbons (Fsp3) is 0.200. The van der Waals surface area contributed by atoms with Gasteiger partial charge in [0.25, 0.3) is 0 Å². The number of rotatable bonds is 6. The molecule has 0 aliphatic rings. The Hall–Kier alpha value is -1.56. The zero-order valence-electron chi connectivity index (χ0n) is 11.4. The lowest BCUT2D eigenvalue weighted by atomic mass is 10.2. The first kappa shape index (κ1) is 15.8. The molecule has 3 N–H and O–H groups in total. The molecule has 2 aromatic carbocycles. The summed E-state index contributed by atoms with van der Waals surface area (Å²) in [5, 5.41) is 0.666. The lowest BCUT2D eigenvalue weighted by Gasteiger charge is -2.08. The number of nitrogens with one attached hydrogen (secondary N) is 1. The maximum atomic E-state index is 12.0. The van der Waals surface area contributed by atoms with Gasteiger partial charge in [-0.1, -0.05) is 41.9 Å². The van der Waals surface area contributed by atoms with Crippen molar-refractivity contribution in [3.63, 3.8) is 0 Å². The Morgan fingerprint density at radius 1 is 1.05 bits per heavy atom. The number of hydrogen-bond donors (Lipinski definition) is 2. The van der Waals surface area contributed by atoms with Crippen LogP contribution in [0.5, 0.6) is 0 Å². The molecule has 4 nitrogen and oxygen atoms in total. The highest BCUT2D eigenvalue weighted by atomic mass is 35.5. The lowest BCUT2D eigenvalue weighted by Crippen LogP contribution is -2.27. The maximum absolute atomic E-state index is 12.0. The van der Waals surface area contributed by atoms with Crippen LogP contribution in [0.3, 0.4) is 0 Å². The van der Waals surface area contributed by atoms with E-state index in [1.807, 2.05) is 12.1 Å². The molecule has 2 aromatic rings. The average molecular weight is 325 g/mol. The Morgan fingerprint density at radius 3 is 2.38 bits per heavy atom. The molecular weight excluding hydrogens is 308 g/mol. The monoisotopic (exact) mass is 324 g/mol. The number of sulfonamides is 1. The lowest BCUT2D eigenvalue weighted by molar-refractivity contribution is 0.581. The van der Waals surface area contributed by atoms with Crippen LogP contribution >= 0.6 is 11.6 Å². The van der Waals surface area contributed by atoms with Crippen molar-refractivity contribution in [3.05, 3.63) is 64.7 Å². The molecule has 0 aliphatic heterocycles. The molecule has 0 saturated carbocycles. The summed E-state index contributed by atoms with van der Waals surface area (Å²) in [6.45, 7) is 0.344. The predicted molar refractivity (Wildman–Crippen MR) is 86.6 cm³/mol. The Labute approximate surface area is 130 Å². The van der Waals surface area contributed by atoms with E-state index >= 15 is 0 Å². The van der Waals surface area contributed by atoms with Crippen LogP contribution in [0.1, 0.15) is 11.1 Å². The van der Waals surface area contributed by atoms with Crippen molar-refractivity contribution in [2.24, 2.45) is 0 Å². The van der Waals surface area contributed by atoms with E-state index in [1.54, 1.807) is 36.4 Å². The van der Waals surface area contributed by atoms with E-state index < -0.39 is 10.0 Å². The van der Waals surface area contributed by atoms with E-state index in [2.05, 4.69) is 4.72 Å². The summed E-state index contributed by atoms with van der Waals surface area (Å²) in [5.41, 5.74) is 7.88. The molecule has 0 radical (unpaired) electrons. The molecule has 0 spiro atoms. The van der Waals surface area contributed by atoms with E-state index in [9.17, 15) is 8.42 Å². The molecule has 0 unspecified atom stereocenters. The average Bonchev–Trinajstić information content (AvgIpc) is 2.43. The molecule has 0 atom stereocenters. The van der Waals surface area contributed by atoms with Gasteiger partial charge in [-0.2, -0.15) is 0 Å². The molecule has 2 rings (SSSR count). The summed E-state index contributed by atoms with van der Waals surface area (Å²) in [6.07, 6.45) is 0.612. The quantitative estimate of drug-likeness (QED) is 0.802. The van der Waals surface area contributed by atoms with Gasteiger partial charge in [-0.05, 0) is 35.7 Å². The van der Waals surface area contributed by atoms with Crippen molar-refractivity contribution in [2.45, 2.75) is 12.2 Å². The van der Waals surface area contributed by atoms with E-state index in [1.165, 1.54) is 0 Å². The van der Waals surface area contributed by atoms with Crippen molar-refractivity contribution in [3.8, 4) is 0 Å². The van der Waals surface area contributed by atoms with Gasteiger partial charge in [-0.25, -0.2) is 13.1 Å². The van der Waals surface area contributed by atoms with Crippen molar-refractivity contribution in [1.82, 2.24) is 4.72 Å². The first-order chi connectivity index (χ1) is 9.96. The fourth-order valence-corrected chi connectivity index (χ4v) is 3.24. The molecule has 0 heterocycles. The summed E-state index contributed by atoms with van der Waals surface area (Å²) < 4.78 is 26.6. The fourth-order valence-electron chi connectivity index (χ4n) is 1.92. The van der Waals surface area contributed by atoms with Crippen LogP contribution < -0.4 is 10.5 Å². The second-order valence-electron chi connectivity index (χ2n) is 4.73. The van der Waals surface area contributed by atoms with Gasteiger partial charge in [0.05, 0.1) is 5.75 Å². The molecule has 0 amide bonds. The van der Waals surface area contributed by atoms with Gasteiger partial charge >= 0.3 is 0 Å². The van der Waals surface area contributed by atoms with Gasteiger partial charge in [-0.15, -0.1) is 0 Å². The number of nitrogen functional groups attached to an aromatic ring is 1. The van der Waals surface area contributed by atoms with E-state index in [-0.39, 0.29) is 5.75 Å². The van der Waals surface area contributed by atoms with Gasteiger partial charge in [0, 0.05) is 17.3 Å². The Kier molecular flexibility index (Phi) is 5.22. The van der Waals surface area contributed by atoms with E-state index in [0.29, 0.717) is 29.2 Å². The summed E-state index contributed by atoms with van der Waals surface area (Å²) in [7, 11) is -3.39. The predicted octanol–water partition coefficient (Wildman–Crippen LogP) is 2.58. The molecule has 0 saturated heterocycles. The summed E-state index contributed by atoms with van der Waals surface area (Å²) in [4.78, 5) is 0. The molecule has 112 valence electrons. The van der Waals surface area contributed by atoms with Gasteiger partial charge < -0.3 is 5.73 Å². The third kappa shape index (κ3) is 5.04. The highest BCUT2D eigenvalue weighted by Crippen LogP contribution is 2.14. The topological polar surface area (TPSA) is 72.2 Å². The molecule has 21 heavy (non-hydrogen) atoms. The molecule has 0 fully saturated rings. The van der Waals surface area contributed by atoms with Crippen molar-refractivity contribution >= 4 is 27.3 Å². The number of anilines is 1. The zero-order valence-corrected chi connectivity index (χ0v) is 13.0. The number of para-hydroxylation sites is 1. The van der Waals surface area contributed by atoms with E-state index in [0.717, 1.165) is 5.56 Å². The Balaban J connectivity index is 1.90. The second-order valence-corrected chi connectivity index (χ2v) is 6.97. The highest BCUT2D eigenvalue weighted by molar-refractivity contribution is 7.88. The van der Waals surface area contributed by atoms with Crippen molar-refractivity contribution in [1.29, 1.82) is 0 Å². The SMILES string of the molecule is Nc1ccccc1CS(=O)(=O)NCCc1ccc(Cl)cc1. The van der Waals surface area contributed by atoms with Crippen molar-refractivity contribution in [2.75, 3.05) is 12.3 Å². The maximum Gasteiger partial charge on any atom is 0.215 e. The smallest absolute Gasteiger partial charge is 0.215 e. The third-order valence-electron chi connectivity index (χ3n) is 3.05. The van der Waals surface area contributed by atoms with Crippen molar-refractivity contribution < 1.29 is 8.42 Å². The largest absolute Gasteiger partial charge is 0.398 e. The molecular formula is C15H17ClN2O2S. The van der Waals surface area contributed by atoms with Crippen LogP contribution in [0, 0.1) is 0 Å². The molecule has 0 aliphatic carbocycles. The second kappa shape index (κ2) is 6.93. The highest BCUT2D eigenvalue weighted by Gasteiger charge is 2.12. The number of benzene rings is 2. The van der Waals surface area contributed by atoms with E-state index in [4.69, 9.17) is 17.3 Å². The van der Waals surface area contributed by atoms with Crippen LogP contribution in [0.2, 0.25) is 5.02 Å². The van der Waals surface area contributed by atoms with Gasteiger partial charge in [0.15, 0.2) is 0 Å². The third-order valence-corrected chi connectivity index (χ3v) is 4.64. The number of halogens is 1. The molecule has 0 bridgehead atoms. The van der Waals surface area contributed by atoms with Gasteiger partial charge in [0.2, 0.25) is 10.0 Å². The van der Waals surface area contributed by atoms with Crippen LogP contribution in [-0.4, -0.2) is 15.0 Å². The Morgan fingerprint density at radius 2 is 1.71 bits per heavy atom. The minimum absolute atomic E-state index is 0.111. The van der Waals surface area contributed by atoms with Gasteiger partial charge in [-0.3, -0.25) is 0 Å². The number of nitrogens with two attached hydrogens (primary N) is 1. The normalized spacial score (nSPS) is 11.5. The van der Waals surface area contributed by atoms with Crippen LogP contribution in [0.4, 0.5) is 5.69 Å². The summed E-state index contributed by atoms with van der Waals surface area (Å²) >= 11 is 5.80. The Bertz CT molecular complexity index is 700. The number of hydrogen-bond acceptors (Lipinski definition) is 3. The summed E-state index contributed by atoms with van der Waals surface area (Å²) in [6, 6.07) is 14.3. The first-order valence-electron chi connectivity index (χ1n) is 6.51. The molecule has 6 heteroatoms. The minimum Gasteiger partial charge on any atom is -0.398 e. The van der Waals surface area contributed by atoms with Crippen LogP contribution in [0.15, 0.2) is 48.5 Å². The minimum atomic E-state index is -3.39. The van der Waals surface area contributed by atoms with Crippen LogP contribution in [0.25, 0.3) is 0 Å². The van der Waals surface area contributed by atoms with Gasteiger partial charge in [0.1, 0.15) is 0 Å². The van der Waals surface area contributed by atoms with Crippen LogP contribution in [-0.2, 0) is 22.2 Å². The zero-order chi connectivity index (χ0) is 15.3. The summed E-state index contributed by atoms with van der Waals surface area (Å²) in [5.74, 6) is -0.111.